The molecule has 2 unspecified atom stereocenters. The summed E-state index contributed by atoms with van der Waals surface area (Å²) in [7, 11) is -4.39. The topological polar surface area (TPSA) is 134 Å². The van der Waals surface area contributed by atoms with Gasteiger partial charge < -0.3 is 20.1 Å². The first-order valence-corrected chi connectivity index (χ1v) is 38.1. The van der Waals surface area contributed by atoms with E-state index in [2.05, 4.69) is 62.5 Å². The zero-order chi connectivity index (χ0) is 60.9. The van der Waals surface area contributed by atoms with Crippen molar-refractivity contribution in [3.8, 4) is 0 Å². The zero-order valence-electron chi connectivity index (χ0n) is 55.7. The third kappa shape index (κ3) is 69.1. The molecule has 0 aliphatic heterocycles. The first-order chi connectivity index (χ1) is 41.3. The molecule has 0 aliphatic carbocycles. The van der Waals surface area contributed by atoms with Gasteiger partial charge in [-0.25, -0.2) is 4.57 Å². The Morgan fingerprint density at radius 3 is 0.976 bits per heavy atom. The van der Waals surface area contributed by atoms with Crippen molar-refractivity contribution in [2.45, 2.75) is 386 Å². The average molecular weight is 1200 g/mol. The van der Waals surface area contributed by atoms with E-state index in [9.17, 15) is 19.0 Å². The van der Waals surface area contributed by atoms with Gasteiger partial charge >= 0.3 is 19.8 Å². The van der Waals surface area contributed by atoms with Crippen molar-refractivity contribution in [1.29, 1.82) is 0 Å². The fourth-order valence-corrected chi connectivity index (χ4v) is 11.9. The third-order valence-electron chi connectivity index (χ3n) is 16.5. The Morgan fingerprint density at radius 1 is 0.369 bits per heavy atom. The second kappa shape index (κ2) is 70.1. The van der Waals surface area contributed by atoms with Crippen LogP contribution in [0.4, 0.5) is 0 Å². The molecule has 0 bridgehead atoms. The molecule has 0 rings (SSSR count). The predicted molar refractivity (Wildman–Crippen MR) is 363 cm³/mol. The number of esters is 2. The average Bonchev–Trinajstić information content (AvgIpc) is 3.55. The highest BCUT2D eigenvalue weighted by molar-refractivity contribution is 7.47. The summed E-state index contributed by atoms with van der Waals surface area (Å²) in [5, 5.41) is 0. The van der Waals surface area contributed by atoms with Crippen LogP contribution in [0.5, 0.6) is 0 Å². The SMILES string of the molecule is CC/C=C\C/C=C\C/C=C\C/C=C\CCCCCCCCCCCCCCCCCCCCCCC(=O)OC(COC(=O)CCCCCCCCCCCCCCCCCCCCCCCCCCCCCCCC)COP(=O)(O)OCCN. The van der Waals surface area contributed by atoms with Gasteiger partial charge in [-0.2, -0.15) is 0 Å². The molecule has 0 aromatic carbocycles. The largest absolute Gasteiger partial charge is 0.472 e. The summed E-state index contributed by atoms with van der Waals surface area (Å²) in [6, 6.07) is 0. The maximum atomic E-state index is 12.8. The monoisotopic (exact) mass is 1200 g/mol. The van der Waals surface area contributed by atoms with Crippen LogP contribution in [0.3, 0.4) is 0 Å². The third-order valence-corrected chi connectivity index (χ3v) is 17.5. The number of carbonyl (C=O) groups is 2. The summed E-state index contributed by atoms with van der Waals surface area (Å²) in [5.74, 6) is -0.804. The molecule has 10 heteroatoms. The van der Waals surface area contributed by atoms with E-state index in [0.29, 0.717) is 6.42 Å². The maximum Gasteiger partial charge on any atom is 0.472 e. The van der Waals surface area contributed by atoms with E-state index in [0.717, 1.165) is 57.8 Å². The van der Waals surface area contributed by atoms with E-state index < -0.39 is 26.5 Å². The minimum Gasteiger partial charge on any atom is -0.462 e. The molecule has 0 saturated carbocycles. The molecule has 0 spiro atoms. The van der Waals surface area contributed by atoms with Gasteiger partial charge in [0.05, 0.1) is 13.2 Å². The molecule has 0 fully saturated rings. The highest BCUT2D eigenvalue weighted by Crippen LogP contribution is 2.43. The summed E-state index contributed by atoms with van der Waals surface area (Å²) in [4.78, 5) is 35.4. The van der Waals surface area contributed by atoms with E-state index >= 15 is 0 Å². The smallest absolute Gasteiger partial charge is 0.462 e. The van der Waals surface area contributed by atoms with Crippen LogP contribution >= 0.6 is 7.82 Å². The summed E-state index contributed by atoms with van der Waals surface area (Å²) >= 11 is 0. The van der Waals surface area contributed by atoms with Crippen LogP contribution in [0.25, 0.3) is 0 Å². The van der Waals surface area contributed by atoms with Crippen molar-refractivity contribution in [2.75, 3.05) is 26.4 Å². The number of hydrogen-bond acceptors (Lipinski definition) is 8. The minimum atomic E-state index is -4.39. The Morgan fingerprint density at radius 2 is 0.655 bits per heavy atom. The highest BCUT2D eigenvalue weighted by atomic mass is 31.2. The van der Waals surface area contributed by atoms with Crippen LogP contribution < -0.4 is 5.73 Å². The predicted octanol–water partition coefficient (Wildman–Crippen LogP) is 24.0. The summed E-state index contributed by atoms with van der Waals surface area (Å²) in [6.07, 6.45) is 89.4. The van der Waals surface area contributed by atoms with E-state index in [1.807, 2.05) is 0 Å². The van der Waals surface area contributed by atoms with E-state index in [1.165, 1.54) is 289 Å². The molecule has 0 amide bonds. The number of phosphoric acid groups is 1. The van der Waals surface area contributed by atoms with Gasteiger partial charge in [0.15, 0.2) is 6.10 Å². The normalized spacial score (nSPS) is 13.1. The van der Waals surface area contributed by atoms with Gasteiger partial charge in [0.2, 0.25) is 0 Å². The summed E-state index contributed by atoms with van der Waals surface area (Å²) in [5.41, 5.74) is 5.41. The summed E-state index contributed by atoms with van der Waals surface area (Å²) in [6.45, 7) is 3.71. The number of phosphoric ester groups is 1. The van der Waals surface area contributed by atoms with E-state index in [-0.39, 0.29) is 38.6 Å². The lowest BCUT2D eigenvalue weighted by Gasteiger charge is -2.19. The number of ether oxygens (including phenoxy) is 2. The Hall–Kier alpha value is -2.03. The van der Waals surface area contributed by atoms with Crippen LogP contribution in [-0.2, 0) is 32.7 Å². The number of nitrogens with two attached hydrogens (primary N) is 1. The standard InChI is InChI=1S/C74H140NO8P/c1-3-5-7-9-11-13-15-17-19-21-23-25-27-29-31-33-35-36-37-39-41-43-45-47-49-51-53-55-57-59-61-63-65-67-74(77)83-72(71-82-84(78,79)81-69-68-75)70-80-73(76)66-64-62-60-58-56-54-52-50-48-46-44-42-40-38-34-32-30-28-26-24-22-20-18-16-14-12-10-8-6-4-2/h5,7,11,13,17,19,23,25,72H,3-4,6,8-10,12,14-16,18,20-22,24,26-71,75H2,1-2H3,(H,78,79)/b7-5-,13-11-,19-17-,25-23-. The van der Waals surface area contributed by atoms with Gasteiger partial charge in [-0.1, -0.05) is 364 Å². The quantitative estimate of drug-likeness (QED) is 0.0264. The number of unbranched alkanes of at least 4 members (excludes halogenated alkanes) is 49. The molecule has 9 nitrogen and oxygen atoms in total. The van der Waals surface area contributed by atoms with Gasteiger partial charge in [-0.05, 0) is 51.4 Å². The number of hydrogen-bond donors (Lipinski definition) is 2. The molecule has 494 valence electrons. The molecular weight excluding hydrogens is 1060 g/mol. The van der Waals surface area contributed by atoms with Crippen molar-refractivity contribution in [2.24, 2.45) is 5.73 Å². The maximum absolute atomic E-state index is 12.8. The lowest BCUT2D eigenvalue weighted by molar-refractivity contribution is -0.161. The van der Waals surface area contributed by atoms with Crippen LogP contribution in [-0.4, -0.2) is 49.3 Å². The van der Waals surface area contributed by atoms with Crippen LogP contribution in [0.15, 0.2) is 48.6 Å². The number of rotatable bonds is 70. The number of carbonyl (C=O) groups excluding carboxylic acids is 2. The Labute approximate surface area is 521 Å². The van der Waals surface area contributed by atoms with Crippen molar-refractivity contribution >= 4 is 19.8 Å². The van der Waals surface area contributed by atoms with Gasteiger partial charge in [-0.15, -0.1) is 0 Å². The molecule has 0 aliphatic rings. The van der Waals surface area contributed by atoms with Gasteiger partial charge in [0.25, 0.3) is 0 Å². The molecular formula is C74H140NO8P. The highest BCUT2D eigenvalue weighted by Gasteiger charge is 2.26. The number of allylic oxidation sites excluding steroid dienone is 8. The molecule has 3 N–H and O–H groups in total. The van der Waals surface area contributed by atoms with Gasteiger partial charge in [0, 0.05) is 19.4 Å². The lowest BCUT2D eigenvalue weighted by atomic mass is 10.0. The minimum absolute atomic E-state index is 0.0559. The first-order valence-electron chi connectivity index (χ1n) is 36.6. The second-order valence-corrected chi connectivity index (χ2v) is 26.2. The fraction of sp³-hybridized carbons (Fsp3) is 0.865. The van der Waals surface area contributed by atoms with Crippen LogP contribution in [0.2, 0.25) is 0 Å². The first kappa shape index (κ1) is 82.0. The van der Waals surface area contributed by atoms with Gasteiger partial charge in [-0.3, -0.25) is 18.6 Å². The fourth-order valence-electron chi connectivity index (χ4n) is 11.1. The Balaban J connectivity index is 3.80. The van der Waals surface area contributed by atoms with Gasteiger partial charge in [0.1, 0.15) is 6.61 Å². The van der Waals surface area contributed by atoms with E-state index in [1.54, 1.807) is 0 Å². The lowest BCUT2D eigenvalue weighted by Crippen LogP contribution is -2.29. The molecule has 0 radical (unpaired) electrons. The molecule has 2 atom stereocenters. The zero-order valence-corrected chi connectivity index (χ0v) is 56.6. The van der Waals surface area contributed by atoms with Crippen molar-refractivity contribution in [3.05, 3.63) is 48.6 Å². The molecule has 84 heavy (non-hydrogen) atoms. The molecule has 0 aromatic rings. The molecule has 0 heterocycles. The Kier molecular flexibility index (Phi) is 68.4. The van der Waals surface area contributed by atoms with Crippen LogP contribution in [0, 0.1) is 0 Å². The Bertz CT molecular complexity index is 1520. The molecule has 0 aromatic heterocycles. The van der Waals surface area contributed by atoms with E-state index in [4.69, 9.17) is 24.3 Å². The second-order valence-electron chi connectivity index (χ2n) is 24.8. The van der Waals surface area contributed by atoms with Crippen LogP contribution in [0.1, 0.15) is 380 Å². The van der Waals surface area contributed by atoms with Crippen molar-refractivity contribution in [3.63, 3.8) is 0 Å². The van der Waals surface area contributed by atoms with Crippen molar-refractivity contribution in [1.82, 2.24) is 0 Å². The summed E-state index contributed by atoms with van der Waals surface area (Å²) < 4.78 is 33.2. The van der Waals surface area contributed by atoms with Crippen molar-refractivity contribution < 1.29 is 37.6 Å². The molecule has 0 saturated heterocycles.